The predicted molar refractivity (Wildman–Crippen MR) is 195 cm³/mol. The van der Waals surface area contributed by atoms with Crippen LogP contribution in [0.2, 0.25) is 0 Å². The average molecular weight is 596 g/mol. The van der Waals surface area contributed by atoms with Gasteiger partial charge in [-0.3, -0.25) is 0 Å². The van der Waals surface area contributed by atoms with Crippen LogP contribution in [0.25, 0.3) is 0 Å². The molecule has 0 atom stereocenters. The summed E-state index contributed by atoms with van der Waals surface area (Å²) < 4.78 is 0. The SMILES string of the molecule is c1ccc([Si](c2ccccc2)(c2ccccc2)c2ccc([SiH-](c3ccccc3)(c3ccccc3)c3ccccc3)cc2)cc1. The van der Waals surface area contributed by atoms with Crippen molar-refractivity contribution >= 4 is 57.6 Å². The number of benzene rings is 7. The minimum atomic E-state index is -3.03. The van der Waals surface area contributed by atoms with Crippen molar-refractivity contribution in [3.05, 3.63) is 206 Å². The average Bonchev–Trinajstić information content (AvgIpc) is 3.12. The van der Waals surface area contributed by atoms with Gasteiger partial charge in [-0.05, 0) is 0 Å². The molecule has 0 fully saturated rings. The number of hydrogen-bond donors (Lipinski definition) is 0. The van der Waals surface area contributed by atoms with Crippen LogP contribution < -0.4 is 41.5 Å². The molecular weight excluding hydrogens is 561 g/mol. The van der Waals surface area contributed by atoms with Crippen LogP contribution >= 0.6 is 0 Å². The van der Waals surface area contributed by atoms with Crippen molar-refractivity contribution in [3.63, 3.8) is 0 Å². The summed E-state index contributed by atoms with van der Waals surface area (Å²) >= 11 is 0. The summed E-state index contributed by atoms with van der Waals surface area (Å²) in [6.07, 6.45) is 0. The Hall–Kier alpha value is -5.03. The van der Waals surface area contributed by atoms with E-state index in [0.29, 0.717) is 0 Å². The zero-order valence-corrected chi connectivity index (χ0v) is 26.9. The van der Waals surface area contributed by atoms with Crippen LogP contribution in [0, 0.1) is 0 Å². The number of rotatable bonds is 8. The molecule has 7 rings (SSSR count). The van der Waals surface area contributed by atoms with Crippen LogP contribution in [0.3, 0.4) is 0 Å². The molecule has 0 aliphatic heterocycles. The molecule has 0 N–H and O–H groups in total. The maximum atomic E-state index is 2.46. The Kier molecular flexibility index (Phi) is 7.77. The summed E-state index contributed by atoms with van der Waals surface area (Å²) in [6, 6.07) is 77.0. The molecule has 7 aromatic carbocycles. The van der Waals surface area contributed by atoms with Gasteiger partial charge in [0.05, 0.1) is 0 Å². The Bertz CT molecular complexity index is 1570. The van der Waals surface area contributed by atoms with E-state index in [1.807, 2.05) is 0 Å². The maximum absolute atomic E-state index is 3.03. The molecule has 0 unspecified atom stereocenters. The molecule has 0 spiro atoms. The third kappa shape index (κ3) is 4.69. The van der Waals surface area contributed by atoms with Crippen LogP contribution in [-0.4, -0.2) is 16.1 Å². The molecule has 0 bridgehead atoms. The van der Waals surface area contributed by atoms with Gasteiger partial charge in [0.2, 0.25) is 0 Å². The molecule has 44 heavy (non-hydrogen) atoms. The molecule has 0 aromatic heterocycles. The van der Waals surface area contributed by atoms with Gasteiger partial charge in [-0.2, -0.15) is 0 Å². The van der Waals surface area contributed by atoms with E-state index in [1.165, 1.54) is 41.5 Å². The molecule has 7 aromatic rings. The second kappa shape index (κ2) is 12.3. The summed E-state index contributed by atoms with van der Waals surface area (Å²) in [5.41, 5.74) is 0. The van der Waals surface area contributed by atoms with Gasteiger partial charge in [0.25, 0.3) is 0 Å². The van der Waals surface area contributed by atoms with Crippen LogP contribution in [0.4, 0.5) is 0 Å². The van der Waals surface area contributed by atoms with Gasteiger partial charge in [-0.25, -0.2) is 0 Å². The first-order valence-corrected chi connectivity index (χ1v) is 19.7. The molecule has 0 saturated carbocycles. The van der Waals surface area contributed by atoms with Crippen LogP contribution in [-0.2, 0) is 0 Å². The van der Waals surface area contributed by atoms with E-state index in [-0.39, 0.29) is 0 Å². The van der Waals surface area contributed by atoms with Gasteiger partial charge in [-0.1, -0.05) is 0 Å². The fraction of sp³-hybridized carbons (Fsp3) is 0. The zero-order chi connectivity index (χ0) is 29.7. The molecule has 0 aliphatic rings. The predicted octanol–water partition coefficient (Wildman–Crippen LogP) is 4.17. The second-order valence-electron chi connectivity index (χ2n) is 11.6. The summed E-state index contributed by atoms with van der Waals surface area (Å²) in [7, 11) is -5.63. The van der Waals surface area contributed by atoms with Gasteiger partial charge < -0.3 is 0 Å². The second-order valence-corrected chi connectivity index (χ2v) is 19.8. The number of hydrogen-bond acceptors (Lipinski definition) is 0. The first kappa shape index (κ1) is 27.8. The van der Waals surface area contributed by atoms with E-state index in [4.69, 9.17) is 0 Å². The van der Waals surface area contributed by atoms with Crippen LogP contribution in [0.1, 0.15) is 0 Å². The Morgan fingerprint density at radius 2 is 0.455 bits per heavy atom. The van der Waals surface area contributed by atoms with Crippen molar-refractivity contribution in [2.45, 2.75) is 0 Å². The third-order valence-electron chi connectivity index (χ3n) is 9.36. The van der Waals surface area contributed by atoms with Gasteiger partial charge in [0.15, 0.2) is 0 Å². The van der Waals surface area contributed by atoms with Crippen molar-refractivity contribution < 1.29 is 0 Å². The van der Waals surface area contributed by atoms with Crippen molar-refractivity contribution in [1.82, 2.24) is 0 Å². The van der Waals surface area contributed by atoms with Gasteiger partial charge >= 0.3 is 264 Å². The Labute approximate surface area is 263 Å². The van der Waals surface area contributed by atoms with Crippen molar-refractivity contribution in [3.8, 4) is 0 Å². The van der Waals surface area contributed by atoms with Crippen LogP contribution in [0.5, 0.6) is 0 Å². The Morgan fingerprint density at radius 1 is 0.227 bits per heavy atom. The van der Waals surface area contributed by atoms with Gasteiger partial charge in [0.1, 0.15) is 0 Å². The molecule has 0 heterocycles. The molecule has 0 radical (unpaired) electrons. The van der Waals surface area contributed by atoms with E-state index >= 15 is 0 Å². The van der Waals surface area contributed by atoms with Crippen LogP contribution in [0.15, 0.2) is 206 Å². The van der Waals surface area contributed by atoms with Crippen molar-refractivity contribution in [2.24, 2.45) is 0 Å². The van der Waals surface area contributed by atoms with E-state index < -0.39 is 16.1 Å². The van der Waals surface area contributed by atoms with Crippen molar-refractivity contribution in [1.29, 1.82) is 0 Å². The zero-order valence-electron chi connectivity index (χ0n) is 24.7. The molecule has 2 heteroatoms. The summed E-state index contributed by atoms with van der Waals surface area (Å²) in [6.45, 7) is 0. The minimum absolute atomic E-state index is 1.39. The molecule has 0 saturated heterocycles. The first-order chi connectivity index (χ1) is 21.8. The molecular formula is C42H35Si2-. The quantitative estimate of drug-likeness (QED) is 0.183. The van der Waals surface area contributed by atoms with E-state index in [1.54, 1.807) is 0 Å². The molecule has 212 valence electrons. The Morgan fingerprint density at radius 3 is 0.750 bits per heavy atom. The van der Waals surface area contributed by atoms with E-state index in [0.717, 1.165) is 0 Å². The van der Waals surface area contributed by atoms with Gasteiger partial charge in [0, 0.05) is 0 Å². The fourth-order valence-corrected chi connectivity index (χ4v) is 17.7. The van der Waals surface area contributed by atoms with Crippen molar-refractivity contribution in [2.75, 3.05) is 0 Å². The normalized spacial score (nSPS) is 12.0. The molecule has 0 aliphatic carbocycles. The third-order valence-corrected chi connectivity index (χ3v) is 19.7. The summed E-state index contributed by atoms with van der Waals surface area (Å²) in [4.78, 5) is 0. The van der Waals surface area contributed by atoms with E-state index in [9.17, 15) is 0 Å². The topological polar surface area (TPSA) is 0 Å². The Balaban J connectivity index is 1.52. The molecule has 0 amide bonds. The fourth-order valence-electron chi connectivity index (χ4n) is 7.47. The summed E-state index contributed by atoms with van der Waals surface area (Å²) in [5.74, 6) is 0. The standard InChI is InChI=1S/C42H35Si2/c1-7-19-35(20-8-1)43(36-21-9-2-10-22-36,37-23-11-3-12-24-37)41-31-33-42(34-32-41)44(38-25-13-4-14-26-38,39-27-15-5-16-28-39)40-29-17-6-18-30-40/h1-34,43H/q-1. The summed E-state index contributed by atoms with van der Waals surface area (Å²) in [5, 5.41) is 11.3. The monoisotopic (exact) mass is 595 g/mol. The first-order valence-electron chi connectivity index (χ1n) is 15.4. The van der Waals surface area contributed by atoms with E-state index in [2.05, 4.69) is 206 Å². The molecule has 0 nitrogen and oxygen atoms in total. The van der Waals surface area contributed by atoms with Gasteiger partial charge in [-0.15, -0.1) is 0 Å².